The van der Waals surface area contributed by atoms with Crippen molar-refractivity contribution in [1.82, 2.24) is 15.6 Å². The molecule has 0 spiro atoms. The molecule has 2 aromatic rings. The van der Waals surface area contributed by atoms with E-state index < -0.39 is 0 Å². The van der Waals surface area contributed by atoms with Crippen LogP contribution in [0.15, 0.2) is 36.5 Å². The summed E-state index contributed by atoms with van der Waals surface area (Å²) in [5.41, 5.74) is 3.14. The van der Waals surface area contributed by atoms with Crippen molar-refractivity contribution in [2.24, 2.45) is 0 Å². The molecule has 0 fully saturated rings. The number of aromatic nitrogens is 1. The zero-order valence-corrected chi connectivity index (χ0v) is 17.7. The molecule has 1 aliphatic rings. The molecule has 0 saturated heterocycles. The smallest absolute Gasteiger partial charge is 0.252 e. The number of ether oxygens (including phenoxy) is 1. The van der Waals surface area contributed by atoms with E-state index in [1.54, 1.807) is 12.3 Å². The first-order valence-electron chi connectivity index (χ1n) is 10.5. The lowest BCUT2D eigenvalue weighted by Gasteiger charge is -2.33. The minimum absolute atomic E-state index is 0.0570. The van der Waals surface area contributed by atoms with Gasteiger partial charge in [0.05, 0.1) is 29.4 Å². The van der Waals surface area contributed by atoms with Crippen LogP contribution in [0.3, 0.4) is 0 Å². The van der Waals surface area contributed by atoms with E-state index in [2.05, 4.69) is 40.9 Å². The van der Waals surface area contributed by atoms with E-state index >= 15 is 0 Å². The maximum Gasteiger partial charge on any atom is 0.252 e. The van der Waals surface area contributed by atoms with E-state index in [1.807, 2.05) is 31.2 Å². The van der Waals surface area contributed by atoms with Gasteiger partial charge in [-0.2, -0.15) is 5.26 Å². The summed E-state index contributed by atoms with van der Waals surface area (Å²) in [7, 11) is 0. The molecular formula is C23H29N5O2. The van der Waals surface area contributed by atoms with Crippen molar-refractivity contribution in [1.29, 1.82) is 5.26 Å². The van der Waals surface area contributed by atoms with Crippen LogP contribution in [0.5, 0.6) is 5.88 Å². The standard InChI is InChI=1S/C23H29N5O2/c1-4-19(26-12-15(3)17-8-6-16(11-24)7-9-17)21-14-27-20-10-18(22(29)25-5-2)13-28-23(20)30-21/h6-10,13,15,19,21,26-27H,4-5,12,14H2,1-3H3,(H,25,29)/t15-,19-,21+/m1/s1. The number of hydrogen-bond acceptors (Lipinski definition) is 6. The normalized spacial score (nSPS) is 16.9. The number of anilines is 1. The molecule has 2 heterocycles. The summed E-state index contributed by atoms with van der Waals surface area (Å²) in [6.07, 6.45) is 2.41. The molecule has 0 aliphatic carbocycles. The lowest BCUT2D eigenvalue weighted by molar-refractivity contribution is 0.0955. The van der Waals surface area contributed by atoms with Gasteiger partial charge in [0, 0.05) is 25.3 Å². The van der Waals surface area contributed by atoms with E-state index in [0.29, 0.717) is 36.0 Å². The summed E-state index contributed by atoms with van der Waals surface area (Å²) in [4.78, 5) is 16.4. The van der Waals surface area contributed by atoms with Crippen molar-refractivity contribution in [3.05, 3.63) is 53.2 Å². The van der Waals surface area contributed by atoms with Crippen molar-refractivity contribution in [3.63, 3.8) is 0 Å². The number of benzene rings is 1. The van der Waals surface area contributed by atoms with Gasteiger partial charge in [-0.05, 0) is 43.0 Å². The summed E-state index contributed by atoms with van der Waals surface area (Å²) < 4.78 is 6.14. The Kier molecular flexibility index (Phi) is 7.26. The first-order valence-corrected chi connectivity index (χ1v) is 10.5. The maximum atomic E-state index is 12.0. The molecule has 1 amide bonds. The molecule has 30 heavy (non-hydrogen) atoms. The summed E-state index contributed by atoms with van der Waals surface area (Å²) in [5, 5.41) is 18.7. The highest BCUT2D eigenvalue weighted by Crippen LogP contribution is 2.28. The van der Waals surface area contributed by atoms with Crippen LogP contribution in [0.25, 0.3) is 0 Å². The van der Waals surface area contributed by atoms with E-state index in [9.17, 15) is 4.79 Å². The first-order chi connectivity index (χ1) is 14.5. The second kappa shape index (κ2) is 10.1. The molecule has 158 valence electrons. The Hall–Kier alpha value is -3.11. The second-order valence-corrected chi connectivity index (χ2v) is 7.53. The molecule has 0 unspecified atom stereocenters. The fraction of sp³-hybridized carbons (Fsp3) is 0.435. The Morgan fingerprint density at radius 1 is 1.37 bits per heavy atom. The Labute approximate surface area is 177 Å². The van der Waals surface area contributed by atoms with Gasteiger partial charge in [0.15, 0.2) is 0 Å². The molecule has 0 radical (unpaired) electrons. The number of carbonyl (C=O) groups is 1. The minimum atomic E-state index is -0.137. The van der Waals surface area contributed by atoms with Crippen LogP contribution in [0.1, 0.15) is 54.6 Å². The van der Waals surface area contributed by atoms with Gasteiger partial charge in [-0.1, -0.05) is 26.0 Å². The molecule has 0 bridgehead atoms. The predicted octanol–water partition coefficient (Wildman–Crippen LogP) is 3.05. The lowest BCUT2D eigenvalue weighted by Crippen LogP contribution is -2.49. The summed E-state index contributed by atoms with van der Waals surface area (Å²) >= 11 is 0. The highest BCUT2D eigenvalue weighted by molar-refractivity contribution is 5.95. The molecule has 7 nitrogen and oxygen atoms in total. The van der Waals surface area contributed by atoms with Crippen LogP contribution >= 0.6 is 0 Å². The van der Waals surface area contributed by atoms with Gasteiger partial charge in [-0.3, -0.25) is 4.79 Å². The zero-order chi connectivity index (χ0) is 21.5. The van der Waals surface area contributed by atoms with Gasteiger partial charge < -0.3 is 20.7 Å². The Morgan fingerprint density at radius 3 is 2.80 bits per heavy atom. The van der Waals surface area contributed by atoms with Gasteiger partial charge in [0.2, 0.25) is 5.88 Å². The van der Waals surface area contributed by atoms with E-state index in [0.717, 1.165) is 18.7 Å². The number of nitriles is 1. The highest BCUT2D eigenvalue weighted by Gasteiger charge is 2.28. The molecular weight excluding hydrogens is 378 g/mol. The van der Waals surface area contributed by atoms with E-state index in [1.165, 1.54) is 5.56 Å². The highest BCUT2D eigenvalue weighted by atomic mass is 16.5. The average molecular weight is 408 g/mol. The van der Waals surface area contributed by atoms with Crippen molar-refractivity contribution in [2.45, 2.75) is 45.3 Å². The molecule has 1 aromatic carbocycles. The van der Waals surface area contributed by atoms with E-state index in [4.69, 9.17) is 10.00 Å². The molecule has 1 aromatic heterocycles. The van der Waals surface area contributed by atoms with Crippen LogP contribution in [0.2, 0.25) is 0 Å². The fourth-order valence-corrected chi connectivity index (χ4v) is 3.55. The molecule has 3 atom stereocenters. The van der Waals surface area contributed by atoms with Crippen LogP contribution in [0, 0.1) is 11.3 Å². The van der Waals surface area contributed by atoms with Gasteiger partial charge in [0.1, 0.15) is 6.10 Å². The number of pyridine rings is 1. The number of fused-ring (bicyclic) bond motifs is 1. The second-order valence-electron chi connectivity index (χ2n) is 7.53. The molecule has 3 rings (SSSR count). The number of nitrogens with one attached hydrogen (secondary N) is 3. The first kappa shape index (κ1) is 21.6. The van der Waals surface area contributed by atoms with Gasteiger partial charge in [-0.15, -0.1) is 0 Å². The maximum absolute atomic E-state index is 12.0. The summed E-state index contributed by atoms with van der Waals surface area (Å²) in [5.74, 6) is 0.703. The third kappa shape index (κ3) is 5.08. The quantitative estimate of drug-likeness (QED) is 0.622. The Bertz CT molecular complexity index is 907. The number of rotatable bonds is 8. The minimum Gasteiger partial charge on any atom is -0.469 e. The van der Waals surface area contributed by atoms with Gasteiger partial charge in [0.25, 0.3) is 5.91 Å². The Balaban J connectivity index is 1.60. The summed E-state index contributed by atoms with van der Waals surface area (Å²) in [6, 6.07) is 11.8. The van der Waals surface area contributed by atoms with Gasteiger partial charge >= 0.3 is 0 Å². The third-order valence-corrected chi connectivity index (χ3v) is 5.39. The van der Waals surface area contributed by atoms with Crippen LogP contribution in [-0.4, -0.2) is 42.7 Å². The lowest BCUT2D eigenvalue weighted by atomic mass is 9.98. The van der Waals surface area contributed by atoms with Crippen molar-refractivity contribution in [3.8, 4) is 11.9 Å². The molecule has 1 aliphatic heterocycles. The Morgan fingerprint density at radius 2 is 2.13 bits per heavy atom. The summed E-state index contributed by atoms with van der Waals surface area (Å²) in [6.45, 7) is 8.21. The number of amides is 1. The topological polar surface area (TPSA) is 99.1 Å². The van der Waals surface area contributed by atoms with Crippen LogP contribution in [-0.2, 0) is 0 Å². The molecule has 3 N–H and O–H groups in total. The van der Waals surface area contributed by atoms with Crippen LogP contribution < -0.4 is 20.7 Å². The van der Waals surface area contributed by atoms with Gasteiger partial charge in [-0.25, -0.2) is 4.98 Å². The average Bonchev–Trinajstić information content (AvgIpc) is 2.79. The number of carbonyl (C=O) groups excluding carboxylic acids is 1. The molecule has 0 saturated carbocycles. The monoisotopic (exact) mass is 407 g/mol. The predicted molar refractivity (Wildman–Crippen MR) is 117 cm³/mol. The largest absolute Gasteiger partial charge is 0.469 e. The van der Waals surface area contributed by atoms with Crippen molar-refractivity contribution >= 4 is 11.6 Å². The number of nitrogens with zero attached hydrogens (tertiary/aromatic N) is 2. The van der Waals surface area contributed by atoms with E-state index in [-0.39, 0.29) is 18.1 Å². The molecule has 7 heteroatoms. The number of hydrogen-bond donors (Lipinski definition) is 3. The van der Waals surface area contributed by atoms with Crippen molar-refractivity contribution < 1.29 is 9.53 Å². The SMILES string of the molecule is CCNC(=O)c1cnc2c(c1)NC[C@@H]([C@@H](CC)NC[C@@H](C)c1ccc(C#N)cc1)O2. The van der Waals surface area contributed by atoms with Crippen molar-refractivity contribution in [2.75, 3.05) is 25.0 Å². The zero-order valence-electron chi connectivity index (χ0n) is 17.7. The fourth-order valence-electron chi connectivity index (χ4n) is 3.55. The third-order valence-electron chi connectivity index (χ3n) is 5.39. The van der Waals surface area contributed by atoms with Crippen LogP contribution in [0.4, 0.5) is 5.69 Å².